The van der Waals surface area contributed by atoms with E-state index < -0.39 is 29.4 Å². The van der Waals surface area contributed by atoms with Crippen LogP contribution in [0.2, 0.25) is 5.02 Å². The number of halogens is 6. The van der Waals surface area contributed by atoms with Gasteiger partial charge in [-0.1, -0.05) is 11.6 Å². The number of alkyl halides is 3. The highest BCUT2D eigenvalue weighted by Crippen LogP contribution is 2.39. The summed E-state index contributed by atoms with van der Waals surface area (Å²) in [5, 5.41) is 2.23. The van der Waals surface area contributed by atoms with Crippen LogP contribution in [-0.4, -0.2) is 24.4 Å². The number of aryl methyl sites for hydroxylation is 1. The first-order chi connectivity index (χ1) is 15.5. The van der Waals surface area contributed by atoms with Crippen LogP contribution >= 0.6 is 27.5 Å². The molecular weight excluding hydrogens is 536 g/mol. The number of aromatic nitrogens is 1. The maximum Gasteiger partial charge on any atom is 0.573 e. The van der Waals surface area contributed by atoms with Gasteiger partial charge in [0.25, 0.3) is 5.91 Å². The molecule has 33 heavy (non-hydrogen) atoms. The first-order valence-electron chi connectivity index (χ1n) is 9.01. The van der Waals surface area contributed by atoms with Crippen molar-refractivity contribution in [2.75, 3.05) is 12.4 Å². The molecular formula is C21H14BrClF4N2O4. The van der Waals surface area contributed by atoms with E-state index in [0.29, 0.717) is 15.9 Å². The van der Waals surface area contributed by atoms with Crippen LogP contribution in [0.5, 0.6) is 23.0 Å². The highest BCUT2D eigenvalue weighted by Gasteiger charge is 2.31. The average molecular weight is 550 g/mol. The van der Waals surface area contributed by atoms with Gasteiger partial charge in [-0.2, -0.15) is 0 Å². The number of amides is 1. The van der Waals surface area contributed by atoms with Gasteiger partial charge in [0.2, 0.25) is 0 Å². The molecule has 0 saturated carbocycles. The fourth-order valence-electron chi connectivity index (χ4n) is 2.70. The smallest absolute Gasteiger partial charge is 0.493 e. The third-order valence-electron chi connectivity index (χ3n) is 4.19. The summed E-state index contributed by atoms with van der Waals surface area (Å²) in [4.78, 5) is 16.9. The number of carbonyl (C=O) groups is 1. The summed E-state index contributed by atoms with van der Waals surface area (Å²) in [7, 11) is 1.19. The number of benzene rings is 2. The van der Waals surface area contributed by atoms with Crippen LogP contribution in [0.4, 0.5) is 23.2 Å². The average Bonchev–Trinajstić information content (AvgIpc) is 2.73. The van der Waals surface area contributed by atoms with Crippen molar-refractivity contribution in [3.63, 3.8) is 0 Å². The maximum absolute atomic E-state index is 14.9. The van der Waals surface area contributed by atoms with Crippen molar-refractivity contribution >= 4 is 39.1 Å². The van der Waals surface area contributed by atoms with Crippen molar-refractivity contribution in [3.8, 4) is 23.0 Å². The van der Waals surface area contributed by atoms with Crippen molar-refractivity contribution < 1.29 is 36.6 Å². The number of nitrogens with one attached hydrogen (secondary N) is 1. The topological polar surface area (TPSA) is 69.7 Å². The van der Waals surface area contributed by atoms with Crippen LogP contribution < -0.4 is 19.5 Å². The normalized spacial score (nSPS) is 11.2. The number of hydrogen-bond acceptors (Lipinski definition) is 5. The molecule has 0 bridgehead atoms. The molecule has 3 aromatic rings. The third-order valence-corrected chi connectivity index (χ3v) is 4.92. The summed E-state index contributed by atoms with van der Waals surface area (Å²) < 4.78 is 67.3. The summed E-state index contributed by atoms with van der Waals surface area (Å²) in [5.74, 6) is -2.96. The molecule has 12 heteroatoms. The van der Waals surface area contributed by atoms with Gasteiger partial charge in [0, 0.05) is 18.0 Å². The lowest BCUT2D eigenvalue weighted by Crippen LogP contribution is -2.17. The monoisotopic (exact) mass is 548 g/mol. The van der Waals surface area contributed by atoms with Gasteiger partial charge >= 0.3 is 6.36 Å². The van der Waals surface area contributed by atoms with E-state index >= 15 is 0 Å². The number of nitrogens with zero attached hydrogens (tertiary/aromatic N) is 1. The van der Waals surface area contributed by atoms with Gasteiger partial charge in [-0.3, -0.25) is 4.79 Å². The van der Waals surface area contributed by atoms with Crippen LogP contribution in [0.25, 0.3) is 0 Å². The molecule has 174 valence electrons. The van der Waals surface area contributed by atoms with E-state index in [4.69, 9.17) is 21.1 Å². The van der Waals surface area contributed by atoms with Gasteiger partial charge in [0.15, 0.2) is 17.3 Å². The predicted octanol–water partition coefficient (Wildman–Crippen LogP) is 6.90. The summed E-state index contributed by atoms with van der Waals surface area (Å²) in [5.41, 5.74) is 0.448. The van der Waals surface area contributed by atoms with Gasteiger partial charge in [-0.05, 0) is 58.7 Å². The Morgan fingerprint density at radius 3 is 2.48 bits per heavy atom. The molecule has 0 aliphatic carbocycles. The molecule has 0 spiro atoms. The quantitative estimate of drug-likeness (QED) is 0.268. The molecule has 1 N–H and O–H groups in total. The summed E-state index contributed by atoms with van der Waals surface area (Å²) in [6.45, 7) is 1.69. The Bertz CT molecular complexity index is 1210. The molecule has 0 aliphatic heterocycles. The molecule has 0 saturated heterocycles. The van der Waals surface area contributed by atoms with Crippen LogP contribution in [0, 0.1) is 12.7 Å². The standard InChI is InChI=1S/C21H14BrClF4N2O4/c1-10-9-28-17(22)8-13(10)29-20(30)18-15(6-4-12(23)19(18)24)32-14-5-3-11(7-16(14)31-2)33-21(25,26)27/h3-9H,1-2H3,(H,28,29,30). The van der Waals surface area contributed by atoms with E-state index in [1.807, 2.05) is 0 Å². The van der Waals surface area contributed by atoms with Gasteiger partial charge < -0.3 is 19.5 Å². The molecule has 2 aromatic carbocycles. The Hall–Kier alpha value is -3.05. The van der Waals surface area contributed by atoms with Crippen LogP contribution in [0.1, 0.15) is 15.9 Å². The van der Waals surface area contributed by atoms with Crippen LogP contribution in [-0.2, 0) is 0 Å². The Balaban J connectivity index is 1.97. The zero-order valence-corrected chi connectivity index (χ0v) is 19.2. The van der Waals surface area contributed by atoms with Crippen molar-refractivity contribution in [1.29, 1.82) is 0 Å². The number of hydrogen-bond donors (Lipinski definition) is 1. The minimum Gasteiger partial charge on any atom is -0.493 e. The molecule has 0 radical (unpaired) electrons. The molecule has 0 unspecified atom stereocenters. The minimum atomic E-state index is -4.90. The zero-order valence-electron chi connectivity index (χ0n) is 16.9. The van der Waals surface area contributed by atoms with Gasteiger partial charge in [0.1, 0.15) is 21.7 Å². The minimum absolute atomic E-state index is 0.0920. The zero-order chi connectivity index (χ0) is 24.3. The van der Waals surface area contributed by atoms with Crippen molar-refractivity contribution in [3.05, 3.63) is 69.2 Å². The number of pyridine rings is 1. The van der Waals surface area contributed by atoms with Crippen molar-refractivity contribution in [2.24, 2.45) is 0 Å². The number of methoxy groups -OCH3 is 1. The fourth-order valence-corrected chi connectivity index (χ4v) is 3.18. The van der Waals surface area contributed by atoms with E-state index in [1.165, 1.54) is 31.5 Å². The first-order valence-corrected chi connectivity index (χ1v) is 10.2. The SMILES string of the molecule is COc1cc(OC(F)(F)F)ccc1Oc1ccc(Cl)c(F)c1C(=O)Nc1cc(Br)ncc1C. The van der Waals surface area contributed by atoms with E-state index in [1.54, 1.807) is 6.92 Å². The van der Waals surface area contributed by atoms with Crippen molar-refractivity contribution in [2.45, 2.75) is 13.3 Å². The Morgan fingerprint density at radius 2 is 1.82 bits per heavy atom. The van der Waals surface area contributed by atoms with E-state index in [2.05, 4.69) is 31.0 Å². The van der Waals surface area contributed by atoms with E-state index in [-0.39, 0.29) is 22.3 Å². The van der Waals surface area contributed by atoms with Gasteiger partial charge in [-0.15, -0.1) is 13.2 Å². The highest BCUT2D eigenvalue weighted by molar-refractivity contribution is 9.10. The molecule has 0 aliphatic rings. The summed E-state index contributed by atoms with van der Waals surface area (Å²) in [6, 6.07) is 6.98. The molecule has 6 nitrogen and oxygen atoms in total. The highest BCUT2D eigenvalue weighted by atomic mass is 79.9. The first kappa shape index (κ1) is 24.6. The van der Waals surface area contributed by atoms with E-state index in [0.717, 1.165) is 18.2 Å². The Morgan fingerprint density at radius 1 is 1.12 bits per heavy atom. The lowest BCUT2D eigenvalue weighted by molar-refractivity contribution is -0.274. The molecule has 1 aromatic heterocycles. The number of rotatable bonds is 6. The molecule has 0 atom stereocenters. The second kappa shape index (κ2) is 9.84. The van der Waals surface area contributed by atoms with Crippen LogP contribution in [0.15, 0.2) is 47.2 Å². The number of anilines is 1. The summed E-state index contributed by atoms with van der Waals surface area (Å²) in [6.07, 6.45) is -3.40. The van der Waals surface area contributed by atoms with Gasteiger partial charge in [-0.25, -0.2) is 9.37 Å². The fraction of sp³-hybridized carbons (Fsp3) is 0.143. The second-order valence-electron chi connectivity index (χ2n) is 6.47. The largest absolute Gasteiger partial charge is 0.573 e. The molecule has 0 fully saturated rings. The summed E-state index contributed by atoms with van der Waals surface area (Å²) >= 11 is 9.05. The van der Waals surface area contributed by atoms with Gasteiger partial charge in [0.05, 0.1) is 12.1 Å². The predicted molar refractivity (Wildman–Crippen MR) is 116 cm³/mol. The lowest BCUT2D eigenvalue weighted by Gasteiger charge is -2.16. The third kappa shape index (κ3) is 6.05. The van der Waals surface area contributed by atoms with Crippen LogP contribution in [0.3, 0.4) is 0 Å². The maximum atomic E-state index is 14.9. The number of carbonyl (C=O) groups excluding carboxylic acids is 1. The molecule has 1 amide bonds. The van der Waals surface area contributed by atoms with Crippen molar-refractivity contribution in [1.82, 2.24) is 4.98 Å². The molecule has 1 heterocycles. The Labute approximate surface area is 198 Å². The van der Waals surface area contributed by atoms with E-state index in [9.17, 15) is 22.4 Å². The second-order valence-corrected chi connectivity index (χ2v) is 7.69. The number of ether oxygens (including phenoxy) is 3. The molecule has 3 rings (SSSR count). The Kier molecular flexibility index (Phi) is 7.33. The lowest BCUT2D eigenvalue weighted by atomic mass is 10.1.